The van der Waals surface area contributed by atoms with Gasteiger partial charge in [0.25, 0.3) is 0 Å². The molecule has 1 aliphatic rings. The Morgan fingerprint density at radius 1 is 0.962 bits per heavy atom. The molecule has 2 aromatic carbocycles. The number of methoxy groups -OCH3 is 1. The zero-order valence-electron chi connectivity index (χ0n) is 15.2. The van der Waals surface area contributed by atoms with Gasteiger partial charge in [-0.2, -0.15) is 0 Å². The molecule has 1 saturated carbocycles. The molecule has 6 heteroatoms. The third kappa shape index (κ3) is 3.49. The highest BCUT2D eigenvalue weighted by molar-refractivity contribution is 6.17. The van der Waals surface area contributed by atoms with E-state index in [-0.39, 0.29) is 11.8 Å². The number of para-hydroxylation sites is 2. The summed E-state index contributed by atoms with van der Waals surface area (Å²) >= 11 is 0. The van der Waals surface area contributed by atoms with Crippen molar-refractivity contribution in [2.45, 2.75) is 12.8 Å². The SMILES string of the molecule is COc1ccccc1NC(=O)C1(C(=O)Nc2ccc(N(C)C)cc2)CC1. The van der Waals surface area contributed by atoms with Gasteiger partial charge >= 0.3 is 0 Å². The van der Waals surface area contributed by atoms with Crippen molar-refractivity contribution < 1.29 is 14.3 Å². The molecule has 0 bridgehead atoms. The summed E-state index contributed by atoms with van der Waals surface area (Å²) < 4.78 is 5.25. The first kappa shape index (κ1) is 17.8. The van der Waals surface area contributed by atoms with Crippen LogP contribution in [0.5, 0.6) is 5.75 Å². The van der Waals surface area contributed by atoms with Gasteiger partial charge in [0, 0.05) is 25.5 Å². The molecular formula is C20H23N3O3. The quantitative estimate of drug-likeness (QED) is 0.783. The molecule has 6 nitrogen and oxygen atoms in total. The van der Waals surface area contributed by atoms with Crippen molar-refractivity contribution in [3.8, 4) is 5.75 Å². The third-order valence-corrected chi connectivity index (χ3v) is 4.62. The van der Waals surface area contributed by atoms with Gasteiger partial charge in [-0.15, -0.1) is 0 Å². The number of nitrogens with one attached hydrogen (secondary N) is 2. The zero-order chi connectivity index (χ0) is 18.7. The lowest BCUT2D eigenvalue weighted by Crippen LogP contribution is -2.35. The van der Waals surface area contributed by atoms with Crippen LogP contribution in [-0.4, -0.2) is 33.0 Å². The molecule has 136 valence electrons. The fourth-order valence-electron chi connectivity index (χ4n) is 2.77. The number of nitrogens with zero attached hydrogens (tertiary/aromatic N) is 1. The number of hydrogen-bond donors (Lipinski definition) is 2. The maximum atomic E-state index is 12.7. The van der Waals surface area contributed by atoms with Gasteiger partial charge in [0.1, 0.15) is 11.2 Å². The molecule has 0 unspecified atom stereocenters. The predicted octanol–water partition coefficient (Wildman–Crippen LogP) is 3.12. The standard InChI is InChI=1S/C20H23N3O3/c1-23(2)15-10-8-14(9-11-15)21-18(24)20(12-13-20)19(25)22-16-6-4-5-7-17(16)26-3/h4-11H,12-13H2,1-3H3,(H,21,24)(H,22,25). The van der Waals surface area contributed by atoms with Crippen molar-refractivity contribution >= 4 is 28.9 Å². The van der Waals surface area contributed by atoms with Crippen LogP contribution < -0.4 is 20.3 Å². The van der Waals surface area contributed by atoms with E-state index in [9.17, 15) is 9.59 Å². The molecule has 1 aliphatic carbocycles. The number of carbonyl (C=O) groups is 2. The Morgan fingerprint density at radius 2 is 1.58 bits per heavy atom. The van der Waals surface area contributed by atoms with Gasteiger partial charge in [-0.05, 0) is 49.2 Å². The highest BCUT2D eigenvalue weighted by Gasteiger charge is 2.56. The van der Waals surface area contributed by atoms with Crippen LogP contribution in [-0.2, 0) is 9.59 Å². The van der Waals surface area contributed by atoms with Crippen LogP contribution in [0.1, 0.15) is 12.8 Å². The molecule has 0 saturated heterocycles. The maximum Gasteiger partial charge on any atom is 0.240 e. The first-order valence-electron chi connectivity index (χ1n) is 8.49. The van der Waals surface area contributed by atoms with Crippen molar-refractivity contribution in [2.75, 3.05) is 36.7 Å². The number of benzene rings is 2. The van der Waals surface area contributed by atoms with E-state index in [2.05, 4.69) is 10.6 Å². The number of carbonyl (C=O) groups excluding carboxylic acids is 2. The van der Waals surface area contributed by atoms with Crippen LogP contribution in [0.25, 0.3) is 0 Å². The van der Waals surface area contributed by atoms with Crippen LogP contribution in [0.15, 0.2) is 48.5 Å². The minimum absolute atomic E-state index is 0.275. The van der Waals surface area contributed by atoms with E-state index in [1.165, 1.54) is 0 Å². The van der Waals surface area contributed by atoms with Crippen LogP contribution >= 0.6 is 0 Å². The Bertz CT molecular complexity index is 811. The number of amides is 2. The Balaban J connectivity index is 1.69. The lowest BCUT2D eigenvalue weighted by molar-refractivity contribution is -0.131. The lowest BCUT2D eigenvalue weighted by atomic mass is 10.0. The summed E-state index contributed by atoms with van der Waals surface area (Å²) in [5.74, 6) is -0.0109. The average molecular weight is 353 g/mol. The molecule has 1 fully saturated rings. The third-order valence-electron chi connectivity index (χ3n) is 4.62. The van der Waals surface area contributed by atoms with Gasteiger partial charge in [-0.25, -0.2) is 0 Å². The van der Waals surface area contributed by atoms with Crippen LogP contribution in [0.3, 0.4) is 0 Å². The molecule has 3 rings (SSSR count). The van der Waals surface area contributed by atoms with Crippen LogP contribution in [0.4, 0.5) is 17.1 Å². The Labute approximate surface area is 153 Å². The normalized spacial score (nSPS) is 14.3. The van der Waals surface area contributed by atoms with Gasteiger partial charge < -0.3 is 20.3 Å². The molecule has 2 aromatic rings. The molecule has 0 radical (unpaired) electrons. The molecular weight excluding hydrogens is 330 g/mol. The van der Waals surface area contributed by atoms with Crippen LogP contribution in [0.2, 0.25) is 0 Å². The Morgan fingerprint density at radius 3 is 2.15 bits per heavy atom. The molecule has 2 N–H and O–H groups in total. The van der Waals surface area contributed by atoms with Gasteiger partial charge in [-0.3, -0.25) is 9.59 Å². The van der Waals surface area contributed by atoms with E-state index in [0.717, 1.165) is 5.69 Å². The number of anilines is 3. The van der Waals surface area contributed by atoms with E-state index in [1.54, 1.807) is 19.2 Å². The predicted molar refractivity (Wildman–Crippen MR) is 103 cm³/mol. The smallest absolute Gasteiger partial charge is 0.240 e. The summed E-state index contributed by atoms with van der Waals surface area (Å²) in [6.07, 6.45) is 1.07. The molecule has 2 amide bonds. The maximum absolute atomic E-state index is 12.7. The summed E-state index contributed by atoms with van der Waals surface area (Å²) in [6.45, 7) is 0. The van der Waals surface area contributed by atoms with Gasteiger partial charge in [-0.1, -0.05) is 12.1 Å². The van der Waals surface area contributed by atoms with E-state index in [1.807, 2.05) is 55.4 Å². The first-order chi connectivity index (χ1) is 12.5. The van der Waals surface area contributed by atoms with E-state index >= 15 is 0 Å². The van der Waals surface area contributed by atoms with Gasteiger partial charge in [0.2, 0.25) is 11.8 Å². The largest absolute Gasteiger partial charge is 0.495 e. The monoisotopic (exact) mass is 353 g/mol. The van der Waals surface area contributed by atoms with Crippen LogP contribution in [0, 0.1) is 5.41 Å². The van der Waals surface area contributed by atoms with Crippen molar-refractivity contribution in [1.29, 1.82) is 0 Å². The highest BCUT2D eigenvalue weighted by Crippen LogP contribution is 2.48. The second kappa shape index (κ2) is 7.07. The Hall–Kier alpha value is -3.02. The van der Waals surface area contributed by atoms with Crippen molar-refractivity contribution in [3.63, 3.8) is 0 Å². The minimum Gasteiger partial charge on any atom is -0.495 e. The summed E-state index contributed by atoms with van der Waals surface area (Å²) in [5.41, 5.74) is 1.27. The Kier molecular flexibility index (Phi) is 4.84. The molecule has 0 heterocycles. The summed E-state index contributed by atoms with van der Waals surface area (Å²) in [7, 11) is 5.45. The van der Waals surface area contributed by atoms with Crippen molar-refractivity contribution in [3.05, 3.63) is 48.5 Å². The van der Waals surface area contributed by atoms with Crippen molar-refractivity contribution in [2.24, 2.45) is 5.41 Å². The highest BCUT2D eigenvalue weighted by atomic mass is 16.5. The first-order valence-corrected chi connectivity index (χ1v) is 8.49. The number of rotatable bonds is 6. The fraction of sp³-hybridized carbons (Fsp3) is 0.300. The average Bonchev–Trinajstić information content (AvgIpc) is 3.44. The van der Waals surface area contributed by atoms with E-state index in [0.29, 0.717) is 30.0 Å². The fourth-order valence-corrected chi connectivity index (χ4v) is 2.77. The number of hydrogen-bond acceptors (Lipinski definition) is 4. The molecule has 0 spiro atoms. The van der Waals surface area contributed by atoms with Crippen molar-refractivity contribution in [1.82, 2.24) is 0 Å². The minimum atomic E-state index is -1.01. The van der Waals surface area contributed by atoms with Gasteiger partial charge in [0.15, 0.2) is 0 Å². The molecule has 0 aromatic heterocycles. The second-order valence-electron chi connectivity index (χ2n) is 6.63. The zero-order valence-corrected chi connectivity index (χ0v) is 15.2. The summed E-state index contributed by atoms with van der Waals surface area (Å²) in [6, 6.07) is 14.7. The molecule has 26 heavy (non-hydrogen) atoms. The summed E-state index contributed by atoms with van der Waals surface area (Å²) in [5, 5.41) is 5.68. The van der Waals surface area contributed by atoms with E-state index < -0.39 is 5.41 Å². The van der Waals surface area contributed by atoms with Gasteiger partial charge in [0.05, 0.1) is 12.8 Å². The second-order valence-corrected chi connectivity index (χ2v) is 6.63. The summed E-state index contributed by atoms with van der Waals surface area (Å²) in [4.78, 5) is 27.4. The van der Waals surface area contributed by atoms with E-state index in [4.69, 9.17) is 4.74 Å². The molecule has 0 aliphatic heterocycles. The topological polar surface area (TPSA) is 70.7 Å². The lowest BCUT2D eigenvalue weighted by Gasteiger charge is -2.17. The number of ether oxygens (including phenoxy) is 1. The molecule has 0 atom stereocenters.